The van der Waals surface area contributed by atoms with Gasteiger partial charge in [0.15, 0.2) is 5.65 Å². The minimum atomic E-state index is 0.0174. The van der Waals surface area contributed by atoms with Crippen LogP contribution in [0.3, 0.4) is 0 Å². The SMILES string of the molecule is NC[C@H]1CCC[C@H]1C(=O)Nc1ccnc2ccnn12. The van der Waals surface area contributed by atoms with Gasteiger partial charge in [0.05, 0.1) is 6.20 Å². The number of fused-ring (bicyclic) bond motifs is 1. The number of anilines is 1. The highest BCUT2D eigenvalue weighted by atomic mass is 16.2. The highest BCUT2D eigenvalue weighted by molar-refractivity contribution is 5.92. The molecule has 6 heteroatoms. The molecule has 2 aromatic rings. The molecule has 0 radical (unpaired) electrons. The maximum atomic E-state index is 12.3. The van der Waals surface area contributed by atoms with Gasteiger partial charge in [0.25, 0.3) is 0 Å². The summed E-state index contributed by atoms with van der Waals surface area (Å²) in [5, 5.41) is 7.10. The molecule has 3 N–H and O–H groups in total. The van der Waals surface area contributed by atoms with Crippen LogP contribution >= 0.6 is 0 Å². The quantitative estimate of drug-likeness (QED) is 0.862. The molecule has 0 spiro atoms. The summed E-state index contributed by atoms with van der Waals surface area (Å²) < 4.78 is 1.63. The molecule has 0 aromatic carbocycles. The van der Waals surface area contributed by atoms with Crippen LogP contribution in [0.25, 0.3) is 5.65 Å². The van der Waals surface area contributed by atoms with Crippen molar-refractivity contribution in [1.82, 2.24) is 14.6 Å². The molecule has 0 aliphatic heterocycles. The predicted molar refractivity (Wildman–Crippen MR) is 71.5 cm³/mol. The first-order valence-electron chi connectivity index (χ1n) is 6.59. The van der Waals surface area contributed by atoms with E-state index >= 15 is 0 Å². The third kappa shape index (κ3) is 2.19. The Morgan fingerprint density at radius 2 is 2.32 bits per heavy atom. The smallest absolute Gasteiger partial charge is 0.228 e. The first kappa shape index (κ1) is 12.1. The second-order valence-corrected chi connectivity index (χ2v) is 4.95. The molecule has 6 nitrogen and oxygen atoms in total. The maximum Gasteiger partial charge on any atom is 0.228 e. The van der Waals surface area contributed by atoms with Crippen molar-refractivity contribution in [2.45, 2.75) is 19.3 Å². The van der Waals surface area contributed by atoms with Gasteiger partial charge >= 0.3 is 0 Å². The molecule has 0 saturated heterocycles. The van der Waals surface area contributed by atoms with Gasteiger partial charge in [-0.2, -0.15) is 9.61 Å². The van der Waals surface area contributed by atoms with Crippen LogP contribution in [0.15, 0.2) is 24.5 Å². The Kier molecular flexibility index (Phi) is 3.16. The summed E-state index contributed by atoms with van der Waals surface area (Å²) >= 11 is 0. The molecule has 1 fully saturated rings. The molecule has 1 saturated carbocycles. The van der Waals surface area contributed by atoms with Gasteiger partial charge < -0.3 is 11.1 Å². The van der Waals surface area contributed by atoms with Crippen LogP contribution in [0, 0.1) is 11.8 Å². The number of hydrogen-bond donors (Lipinski definition) is 2. The van der Waals surface area contributed by atoms with Crippen molar-refractivity contribution in [3.8, 4) is 0 Å². The van der Waals surface area contributed by atoms with Gasteiger partial charge in [-0.1, -0.05) is 6.42 Å². The standard InChI is InChI=1S/C13H17N5O/c14-8-9-2-1-3-10(9)13(19)17-12-4-6-15-11-5-7-16-18(11)12/h4-7,9-10H,1-3,8,14H2,(H,17,19)/t9-,10-/m1/s1. The fourth-order valence-electron chi connectivity index (χ4n) is 2.81. The van der Waals surface area contributed by atoms with Crippen LogP contribution in [0.4, 0.5) is 5.82 Å². The first-order chi connectivity index (χ1) is 9.29. The molecule has 2 aromatic heterocycles. The Morgan fingerprint density at radius 3 is 3.16 bits per heavy atom. The van der Waals surface area contributed by atoms with E-state index in [0.717, 1.165) is 24.9 Å². The Balaban J connectivity index is 1.81. The van der Waals surface area contributed by atoms with E-state index in [4.69, 9.17) is 5.73 Å². The van der Waals surface area contributed by atoms with Crippen molar-refractivity contribution >= 4 is 17.4 Å². The summed E-state index contributed by atoms with van der Waals surface area (Å²) in [5.41, 5.74) is 6.44. The summed E-state index contributed by atoms with van der Waals surface area (Å²) in [6.45, 7) is 0.575. The third-order valence-corrected chi connectivity index (χ3v) is 3.84. The molecule has 2 atom stereocenters. The van der Waals surface area contributed by atoms with Gasteiger partial charge in [-0.3, -0.25) is 4.79 Å². The van der Waals surface area contributed by atoms with Crippen LogP contribution in [0.5, 0.6) is 0 Å². The summed E-state index contributed by atoms with van der Waals surface area (Å²) in [6, 6.07) is 3.55. The van der Waals surface area contributed by atoms with Gasteiger partial charge in [0.1, 0.15) is 5.82 Å². The average molecular weight is 259 g/mol. The van der Waals surface area contributed by atoms with Crippen LogP contribution in [-0.4, -0.2) is 27.0 Å². The lowest BCUT2D eigenvalue weighted by atomic mass is 9.95. The first-order valence-corrected chi connectivity index (χ1v) is 6.59. The largest absolute Gasteiger partial charge is 0.330 e. The van der Waals surface area contributed by atoms with Gasteiger partial charge in [-0.05, 0) is 31.4 Å². The van der Waals surface area contributed by atoms with E-state index in [-0.39, 0.29) is 11.8 Å². The van der Waals surface area contributed by atoms with E-state index in [0.29, 0.717) is 18.3 Å². The second kappa shape index (κ2) is 4.97. The molecule has 0 bridgehead atoms. The van der Waals surface area contributed by atoms with Gasteiger partial charge in [0.2, 0.25) is 5.91 Å². The fraction of sp³-hybridized carbons (Fsp3) is 0.462. The van der Waals surface area contributed by atoms with E-state index in [1.54, 1.807) is 29.0 Å². The fourth-order valence-corrected chi connectivity index (χ4v) is 2.81. The Hall–Kier alpha value is -1.95. The van der Waals surface area contributed by atoms with Crippen LogP contribution in [0.2, 0.25) is 0 Å². The summed E-state index contributed by atoms with van der Waals surface area (Å²) in [4.78, 5) is 16.5. The summed E-state index contributed by atoms with van der Waals surface area (Å²) in [5.74, 6) is 1.01. The van der Waals surface area contributed by atoms with E-state index in [9.17, 15) is 4.79 Å². The number of aromatic nitrogens is 3. The van der Waals surface area contributed by atoms with Gasteiger partial charge in [-0.15, -0.1) is 0 Å². The predicted octanol–water partition coefficient (Wildman–Crippen LogP) is 1.04. The molecule has 1 amide bonds. The second-order valence-electron chi connectivity index (χ2n) is 4.95. The molecule has 2 heterocycles. The maximum absolute atomic E-state index is 12.3. The van der Waals surface area contributed by atoms with Crippen LogP contribution in [-0.2, 0) is 4.79 Å². The third-order valence-electron chi connectivity index (χ3n) is 3.84. The number of nitrogens with zero attached hydrogens (tertiary/aromatic N) is 3. The molecule has 1 aliphatic carbocycles. The number of amides is 1. The molecule has 0 unspecified atom stereocenters. The van der Waals surface area contributed by atoms with E-state index in [1.807, 2.05) is 0 Å². The van der Waals surface area contributed by atoms with Crippen molar-refractivity contribution < 1.29 is 4.79 Å². The number of carbonyl (C=O) groups excluding carboxylic acids is 1. The number of nitrogens with two attached hydrogens (primary N) is 1. The highest BCUT2D eigenvalue weighted by Crippen LogP contribution is 2.31. The van der Waals surface area contributed by atoms with Crippen LogP contribution < -0.4 is 11.1 Å². The Bertz CT molecular complexity index is 593. The number of nitrogens with one attached hydrogen (secondary N) is 1. The summed E-state index contributed by atoms with van der Waals surface area (Å²) in [6.07, 6.45) is 6.37. The molecule has 1 aliphatic rings. The normalized spacial score (nSPS) is 22.8. The zero-order valence-corrected chi connectivity index (χ0v) is 10.6. The van der Waals surface area contributed by atoms with Crippen molar-refractivity contribution in [2.75, 3.05) is 11.9 Å². The lowest BCUT2D eigenvalue weighted by Crippen LogP contribution is -2.30. The molecular weight excluding hydrogens is 242 g/mol. The minimum absolute atomic E-state index is 0.0174. The molecular formula is C13H17N5O. The number of hydrogen-bond acceptors (Lipinski definition) is 4. The zero-order chi connectivity index (χ0) is 13.2. The lowest BCUT2D eigenvalue weighted by Gasteiger charge is -2.17. The van der Waals surface area contributed by atoms with Gasteiger partial charge in [-0.25, -0.2) is 4.98 Å². The Labute approximate surface area is 111 Å². The Morgan fingerprint density at radius 1 is 1.42 bits per heavy atom. The molecule has 3 rings (SSSR count). The van der Waals surface area contributed by atoms with Crippen molar-refractivity contribution in [3.63, 3.8) is 0 Å². The van der Waals surface area contributed by atoms with Crippen LogP contribution in [0.1, 0.15) is 19.3 Å². The van der Waals surface area contributed by atoms with E-state index in [1.165, 1.54) is 0 Å². The number of rotatable bonds is 3. The highest BCUT2D eigenvalue weighted by Gasteiger charge is 2.32. The van der Waals surface area contributed by atoms with Crippen molar-refractivity contribution in [2.24, 2.45) is 17.6 Å². The molecule has 19 heavy (non-hydrogen) atoms. The topological polar surface area (TPSA) is 85.3 Å². The van der Waals surface area contributed by atoms with E-state index < -0.39 is 0 Å². The average Bonchev–Trinajstić information content (AvgIpc) is 3.07. The number of carbonyl (C=O) groups is 1. The van der Waals surface area contributed by atoms with Gasteiger partial charge in [0, 0.05) is 18.2 Å². The summed E-state index contributed by atoms with van der Waals surface area (Å²) in [7, 11) is 0. The minimum Gasteiger partial charge on any atom is -0.330 e. The monoisotopic (exact) mass is 259 g/mol. The zero-order valence-electron chi connectivity index (χ0n) is 10.6. The van der Waals surface area contributed by atoms with Crippen molar-refractivity contribution in [3.05, 3.63) is 24.5 Å². The lowest BCUT2D eigenvalue weighted by molar-refractivity contribution is -0.120. The van der Waals surface area contributed by atoms with Crippen molar-refractivity contribution in [1.29, 1.82) is 0 Å². The van der Waals surface area contributed by atoms with E-state index in [2.05, 4.69) is 15.4 Å². The molecule has 100 valence electrons.